The van der Waals surface area contributed by atoms with Gasteiger partial charge in [0.05, 0.1) is 6.67 Å². The predicted octanol–water partition coefficient (Wildman–Crippen LogP) is 0.352. The lowest BCUT2D eigenvalue weighted by Gasteiger charge is -2.31. The zero-order chi connectivity index (χ0) is 11.2. The Morgan fingerprint density at radius 1 is 1.38 bits per heavy atom. The van der Waals surface area contributed by atoms with Crippen LogP contribution in [0.25, 0.3) is 0 Å². The number of nitrogens with zero attached hydrogens (tertiary/aromatic N) is 2. The summed E-state index contributed by atoms with van der Waals surface area (Å²) in [6.45, 7) is 6.83. The zero-order valence-corrected chi connectivity index (χ0v) is 10.1. The van der Waals surface area contributed by atoms with E-state index in [-0.39, 0.29) is 0 Å². The topological polar surface area (TPSA) is 34.3 Å². The molecule has 16 heavy (non-hydrogen) atoms. The van der Waals surface area contributed by atoms with Crippen LogP contribution in [-0.2, 0) is 6.42 Å². The monoisotopic (exact) mass is 222 g/mol. The highest BCUT2D eigenvalue weighted by molar-refractivity contribution is 5.08. The zero-order valence-electron chi connectivity index (χ0n) is 10.1. The van der Waals surface area contributed by atoms with Crippen molar-refractivity contribution in [2.75, 3.05) is 46.4 Å². The first-order chi connectivity index (χ1) is 7.84. The Morgan fingerprint density at radius 3 is 2.88 bits per heavy atom. The van der Waals surface area contributed by atoms with E-state index in [9.17, 15) is 0 Å². The van der Waals surface area contributed by atoms with Gasteiger partial charge in [0, 0.05) is 45.1 Å². The molecule has 2 heterocycles. The summed E-state index contributed by atoms with van der Waals surface area (Å²) in [6.07, 6.45) is 5.20. The highest BCUT2D eigenvalue weighted by Crippen LogP contribution is 2.00. The summed E-state index contributed by atoms with van der Waals surface area (Å²) in [5.41, 5.74) is 1.40. The molecule has 4 nitrogen and oxygen atoms in total. The highest BCUT2D eigenvalue weighted by atomic mass is 15.3. The third kappa shape index (κ3) is 3.63. The minimum absolute atomic E-state index is 1.09. The van der Waals surface area contributed by atoms with Crippen LogP contribution in [0, 0.1) is 0 Å². The molecule has 2 rings (SSSR count). The lowest BCUT2D eigenvalue weighted by Crippen LogP contribution is -2.47. The normalized spacial score (nSPS) is 18.1. The number of hydrogen-bond acceptors (Lipinski definition) is 3. The molecule has 1 aliphatic heterocycles. The molecule has 0 saturated carbocycles. The second-order valence-electron chi connectivity index (χ2n) is 4.56. The highest BCUT2D eigenvalue weighted by Gasteiger charge is 2.11. The predicted molar refractivity (Wildman–Crippen MR) is 66.4 cm³/mol. The maximum atomic E-state index is 3.38. The first-order valence-corrected chi connectivity index (χ1v) is 6.08. The summed E-state index contributed by atoms with van der Waals surface area (Å²) < 4.78 is 0. The molecular weight excluding hydrogens is 200 g/mol. The lowest BCUT2D eigenvalue weighted by atomic mass is 10.2. The Hall–Kier alpha value is -0.840. The van der Waals surface area contributed by atoms with Crippen LogP contribution in [0.15, 0.2) is 18.5 Å². The van der Waals surface area contributed by atoms with Crippen molar-refractivity contribution in [3.63, 3.8) is 0 Å². The summed E-state index contributed by atoms with van der Waals surface area (Å²) in [5, 5.41) is 3.38. The van der Waals surface area contributed by atoms with Crippen molar-refractivity contribution in [3.05, 3.63) is 24.0 Å². The molecule has 0 unspecified atom stereocenters. The minimum Gasteiger partial charge on any atom is -0.367 e. The molecule has 90 valence electrons. The van der Waals surface area contributed by atoms with E-state index in [4.69, 9.17) is 0 Å². The van der Waals surface area contributed by atoms with Crippen LogP contribution in [0.2, 0.25) is 0 Å². The molecule has 0 bridgehead atoms. The fourth-order valence-electron chi connectivity index (χ4n) is 2.10. The summed E-state index contributed by atoms with van der Waals surface area (Å²) in [7, 11) is 2.20. The fourth-order valence-corrected chi connectivity index (χ4v) is 2.10. The quantitative estimate of drug-likeness (QED) is 0.754. The standard InChI is InChI=1S/C12H22N4/c1-15(7-3-12-2-4-14-10-12)11-16-8-5-13-6-9-16/h2,4,10,13-14H,3,5-9,11H2,1H3. The molecule has 0 spiro atoms. The van der Waals surface area contributed by atoms with Crippen molar-refractivity contribution in [1.29, 1.82) is 0 Å². The molecule has 1 aliphatic rings. The molecule has 0 aromatic carbocycles. The van der Waals surface area contributed by atoms with E-state index >= 15 is 0 Å². The average molecular weight is 222 g/mol. The largest absolute Gasteiger partial charge is 0.367 e. The van der Waals surface area contributed by atoms with Gasteiger partial charge in [0.25, 0.3) is 0 Å². The number of rotatable bonds is 5. The Balaban J connectivity index is 1.65. The summed E-state index contributed by atoms with van der Waals surface area (Å²) >= 11 is 0. The molecule has 0 atom stereocenters. The van der Waals surface area contributed by atoms with Crippen molar-refractivity contribution >= 4 is 0 Å². The van der Waals surface area contributed by atoms with Gasteiger partial charge in [0.1, 0.15) is 0 Å². The summed E-state index contributed by atoms with van der Waals surface area (Å²) in [6, 6.07) is 2.15. The molecule has 0 amide bonds. The Labute approximate surface area is 97.6 Å². The van der Waals surface area contributed by atoms with Gasteiger partial charge in [-0.25, -0.2) is 0 Å². The van der Waals surface area contributed by atoms with Crippen LogP contribution in [0.5, 0.6) is 0 Å². The van der Waals surface area contributed by atoms with Gasteiger partial charge in [-0.2, -0.15) is 0 Å². The maximum absolute atomic E-state index is 3.38. The third-order valence-corrected chi connectivity index (χ3v) is 3.10. The van der Waals surface area contributed by atoms with E-state index in [0.29, 0.717) is 0 Å². The van der Waals surface area contributed by atoms with E-state index in [2.05, 4.69) is 39.4 Å². The van der Waals surface area contributed by atoms with Gasteiger partial charge in [-0.1, -0.05) is 0 Å². The SMILES string of the molecule is CN(CCc1cc[nH]c1)CN1CCNCC1. The summed E-state index contributed by atoms with van der Waals surface area (Å²) in [5.74, 6) is 0. The van der Waals surface area contributed by atoms with Crippen LogP contribution in [0.1, 0.15) is 5.56 Å². The second-order valence-corrected chi connectivity index (χ2v) is 4.56. The van der Waals surface area contributed by atoms with Crippen molar-refractivity contribution < 1.29 is 0 Å². The van der Waals surface area contributed by atoms with Crippen LogP contribution in [0.4, 0.5) is 0 Å². The van der Waals surface area contributed by atoms with Crippen LogP contribution in [0.3, 0.4) is 0 Å². The minimum atomic E-state index is 1.09. The third-order valence-electron chi connectivity index (χ3n) is 3.10. The number of piperazine rings is 1. The lowest BCUT2D eigenvalue weighted by molar-refractivity contribution is 0.141. The van der Waals surface area contributed by atoms with Gasteiger partial charge in [-0.15, -0.1) is 0 Å². The molecule has 1 saturated heterocycles. The van der Waals surface area contributed by atoms with E-state index in [1.165, 1.54) is 18.7 Å². The van der Waals surface area contributed by atoms with E-state index < -0.39 is 0 Å². The van der Waals surface area contributed by atoms with E-state index in [1.54, 1.807) is 0 Å². The van der Waals surface area contributed by atoms with Crippen molar-refractivity contribution in [3.8, 4) is 0 Å². The van der Waals surface area contributed by atoms with Crippen molar-refractivity contribution in [1.82, 2.24) is 20.1 Å². The molecule has 4 heteroatoms. The molecule has 1 aromatic rings. The van der Waals surface area contributed by atoms with Gasteiger partial charge in [-0.05, 0) is 25.1 Å². The molecule has 0 aliphatic carbocycles. The number of likely N-dealkylation sites (N-methyl/N-ethyl adjacent to an activating group) is 1. The number of aromatic nitrogens is 1. The first-order valence-electron chi connectivity index (χ1n) is 6.08. The fraction of sp³-hybridized carbons (Fsp3) is 0.667. The van der Waals surface area contributed by atoms with Gasteiger partial charge >= 0.3 is 0 Å². The van der Waals surface area contributed by atoms with E-state index in [0.717, 1.165) is 32.7 Å². The van der Waals surface area contributed by atoms with Crippen molar-refractivity contribution in [2.45, 2.75) is 6.42 Å². The molecule has 1 aromatic heterocycles. The van der Waals surface area contributed by atoms with Gasteiger partial charge in [0.2, 0.25) is 0 Å². The number of H-pyrrole nitrogens is 1. The molecule has 0 radical (unpaired) electrons. The summed E-state index contributed by atoms with van der Waals surface area (Å²) in [4.78, 5) is 8.01. The molecule has 2 N–H and O–H groups in total. The van der Waals surface area contributed by atoms with Gasteiger partial charge in [0.15, 0.2) is 0 Å². The maximum Gasteiger partial charge on any atom is 0.0504 e. The first kappa shape index (κ1) is 11.6. The Bertz CT molecular complexity index is 277. The van der Waals surface area contributed by atoms with Crippen LogP contribution >= 0.6 is 0 Å². The van der Waals surface area contributed by atoms with Gasteiger partial charge < -0.3 is 10.3 Å². The average Bonchev–Trinajstić information content (AvgIpc) is 2.81. The second kappa shape index (κ2) is 6.03. The number of hydrogen-bond donors (Lipinski definition) is 2. The molecular formula is C12H22N4. The number of aromatic amines is 1. The Morgan fingerprint density at radius 2 is 2.19 bits per heavy atom. The number of nitrogens with one attached hydrogen (secondary N) is 2. The van der Waals surface area contributed by atoms with E-state index in [1.807, 2.05) is 6.20 Å². The Kier molecular flexibility index (Phi) is 4.39. The van der Waals surface area contributed by atoms with Crippen molar-refractivity contribution in [2.24, 2.45) is 0 Å². The van der Waals surface area contributed by atoms with Crippen LogP contribution in [-0.4, -0.2) is 61.2 Å². The molecule has 1 fully saturated rings. The van der Waals surface area contributed by atoms with Gasteiger partial charge in [-0.3, -0.25) is 9.80 Å². The smallest absolute Gasteiger partial charge is 0.0504 e. The van der Waals surface area contributed by atoms with Crippen LogP contribution < -0.4 is 5.32 Å².